The van der Waals surface area contributed by atoms with Gasteiger partial charge in [0.2, 0.25) is 11.6 Å². The van der Waals surface area contributed by atoms with E-state index < -0.39 is 5.95 Å². The molecule has 10 heteroatoms. The largest absolute Gasteiger partial charge is 0.538 e. The number of hydrogen-bond donors (Lipinski definition) is 1. The van der Waals surface area contributed by atoms with Crippen molar-refractivity contribution in [1.29, 1.82) is 0 Å². The lowest BCUT2D eigenvalue weighted by molar-refractivity contribution is -0.705. The fourth-order valence-corrected chi connectivity index (χ4v) is 3.64. The lowest BCUT2D eigenvalue weighted by atomic mass is 10.2. The molecule has 2 aromatic carbocycles. The molecule has 3 aromatic rings. The van der Waals surface area contributed by atoms with Crippen LogP contribution in [-0.4, -0.2) is 31.2 Å². The van der Waals surface area contributed by atoms with E-state index in [-0.39, 0.29) is 12.3 Å². The summed E-state index contributed by atoms with van der Waals surface area (Å²) in [7, 11) is 2.98. The molecule has 0 spiro atoms. The molecular weight excluding hydrogens is 418 g/mol. The number of anilines is 1. The third-order valence-electron chi connectivity index (χ3n) is 3.89. The van der Waals surface area contributed by atoms with Crippen molar-refractivity contribution in [3.63, 3.8) is 0 Å². The monoisotopic (exact) mass is 435 g/mol. The number of amides is 1. The molecule has 1 amide bonds. The number of nitrogens with one attached hydrogen (secondary N) is 1. The van der Waals surface area contributed by atoms with Crippen molar-refractivity contribution in [1.82, 2.24) is 5.27 Å². The molecule has 0 aliphatic carbocycles. The maximum Gasteiger partial charge on any atom is 0.297 e. The highest BCUT2D eigenvalue weighted by Crippen LogP contribution is 2.36. The van der Waals surface area contributed by atoms with Crippen LogP contribution < -0.4 is 24.6 Å². The van der Waals surface area contributed by atoms with E-state index in [4.69, 9.17) is 25.6 Å². The molecule has 0 saturated carbocycles. The van der Waals surface area contributed by atoms with Gasteiger partial charge in [0.25, 0.3) is 5.03 Å². The number of ether oxygens (including phenoxy) is 2. The first-order valence-corrected chi connectivity index (χ1v) is 9.88. The van der Waals surface area contributed by atoms with Crippen molar-refractivity contribution in [2.75, 3.05) is 25.3 Å². The summed E-state index contributed by atoms with van der Waals surface area (Å²) in [5, 5.41) is 19.1. The number of halogens is 1. The van der Waals surface area contributed by atoms with Crippen LogP contribution in [0.15, 0.2) is 52.0 Å². The average Bonchev–Trinajstić information content (AvgIpc) is 3.09. The fourth-order valence-electron chi connectivity index (χ4n) is 2.51. The van der Waals surface area contributed by atoms with Crippen molar-refractivity contribution >= 4 is 35.0 Å². The van der Waals surface area contributed by atoms with E-state index >= 15 is 0 Å². The standard InChI is InChI=1S/C19H18ClN3O5S/c1-26-15-11-16(27-2)14(10-13(15)20)21-17(24)8-9-29-18-19(25)28-22-23(18)12-6-4-3-5-7-12/h3-7,10-11H,8-9H2,1-2H3,(H-,21,22,24,25). The number of rotatable bonds is 8. The molecular formula is C19H18ClN3O5S. The van der Waals surface area contributed by atoms with E-state index in [0.29, 0.717) is 38.7 Å². The molecule has 0 atom stereocenters. The predicted octanol–water partition coefficient (Wildman–Crippen LogP) is 2.82. The van der Waals surface area contributed by atoms with E-state index in [0.717, 1.165) is 0 Å². The van der Waals surface area contributed by atoms with Gasteiger partial charge >= 0.3 is 0 Å². The summed E-state index contributed by atoms with van der Waals surface area (Å²) >= 11 is 7.31. The first-order chi connectivity index (χ1) is 14.0. The van der Waals surface area contributed by atoms with Crippen LogP contribution in [0, 0.1) is 0 Å². The van der Waals surface area contributed by atoms with Crippen LogP contribution in [0.5, 0.6) is 17.4 Å². The third-order valence-corrected chi connectivity index (χ3v) is 5.21. The van der Waals surface area contributed by atoms with Gasteiger partial charge < -0.3 is 24.4 Å². The van der Waals surface area contributed by atoms with Crippen LogP contribution in [0.1, 0.15) is 6.42 Å². The normalized spacial score (nSPS) is 10.6. The van der Waals surface area contributed by atoms with E-state index in [1.807, 2.05) is 18.2 Å². The smallest absolute Gasteiger partial charge is 0.297 e. The summed E-state index contributed by atoms with van der Waals surface area (Å²) in [6.45, 7) is 0. The maximum atomic E-state index is 12.3. The third kappa shape index (κ3) is 4.93. The minimum absolute atomic E-state index is 0.150. The number of methoxy groups -OCH3 is 2. The first-order valence-electron chi connectivity index (χ1n) is 8.52. The number of carbonyl (C=O) groups is 1. The zero-order valence-corrected chi connectivity index (χ0v) is 17.2. The summed E-state index contributed by atoms with van der Waals surface area (Å²) in [6, 6.07) is 12.3. The minimum Gasteiger partial charge on any atom is -0.538 e. The molecule has 0 radical (unpaired) electrons. The molecule has 0 saturated heterocycles. The summed E-state index contributed by atoms with van der Waals surface area (Å²) in [5.74, 6) is 0.407. The minimum atomic E-state index is -0.553. The molecule has 1 aromatic heterocycles. The number of benzene rings is 2. The lowest BCUT2D eigenvalue weighted by Crippen LogP contribution is -2.34. The van der Waals surface area contributed by atoms with Crippen molar-refractivity contribution in [3.05, 3.63) is 47.5 Å². The first kappa shape index (κ1) is 20.8. The molecule has 1 heterocycles. The number of aromatic nitrogens is 2. The lowest BCUT2D eigenvalue weighted by Gasteiger charge is -2.13. The Morgan fingerprint density at radius 1 is 1.24 bits per heavy atom. The highest BCUT2D eigenvalue weighted by atomic mass is 35.5. The summed E-state index contributed by atoms with van der Waals surface area (Å²) in [6.07, 6.45) is 0.150. The van der Waals surface area contributed by atoms with Crippen LogP contribution in [0.3, 0.4) is 0 Å². The zero-order chi connectivity index (χ0) is 20.8. The molecule has 8 nitrogen and oxygen atoms in total. The van der Waals surface area contributed by atoms with Gasteiger partial charge in [-0.25, -0.2) is 0 Å². The van der Waals surface area contributed by atoms with Gasteiger partial charge in [0.1, 0.15) is 11.5 Å². The highest BCUT2D eigenvalue weighted by Gasteiger charge is 2.21. The molecule has 0 unspecified atom stereocenters. The SMILES string of the molecule is COc1cc(OC)c(NC(=O)CCSc2c([O-])on[n+]2-c2ccccc2)cc1Cl. The van der Waals surface area contributed by atoms with Crippen LogP contribution in [0.4, 0.5) is 5.69 Å². The van der Waals surface area contributed by atoms with E-state index in [1.54, 1.807) is 24.3 Å². The van der Waals surface area contributed by atoms with Crippen LogP contribution in [0.25, 0.3) is 5.69 Å². The molecule has 29 heavy (non-hydrogen) atoms. The van der Waals surface area contributed by atoms with Gasteiger partial charge in [-0.05, 0) is 10.7 Å². The quantitative estimate of drug-likeness (QED) is 0.429. The van der Waals surface area contributed by atoms with Crippen LogP contribution in [0.2, 0.25) is 5.02 Å². The van der Waals surface area contributed by atoms with Crippen molar-refractivity contribution in [2.24, 2.45) is 0 Å². The second-order valence-electron chi connectivity index (χ2n) is 5.75. The van der Waals surface area contributed by atoms with Crippen LogP contribution in [-0.2, 0) is 4.79 Å². The average molecular weight is 436 g/mol. The summed E-state index contributed by atoms with van der Waals surface area (Å²) in [4.78, 5) is 12.3. The Balaban J connectivity index is 1.63. The maximum absolute atomic E-state index is 12.3. The second-order valence-corrected chi connectivity index (χ2v) is 7.24. The van der Waals surface area contributed by atoms with Gasteiger partial charge in [0.05, 0.1) is 30.2 Å². The Hall–Kier alpha value is -2.91. The molecule has 152 valence electrons. The Kier molecular flexibility index (Phi) is 6.84. The molecule has 0 aliphatic heterocycles. The van der Waals surface area contributed by atoms with Crippen molar-refractivity contribution < 1.29 is 28.6 Å². The number of hydrogen-bond acceptors (Lipinski definition) is 7. The molecule has 0 fully saturated rings. The number of nitrogens with zero attached hydrogens (tertiary/aromatic N) is 2. The Bertz CT molecular complexity index is 997. The molecule has 0 aliphatic rings. The van der Waals surface area contributed by atoms with E-state index in [2.05, 4.69) is 10.6 Å². The summed E-state index contributed by atoms with van der Waals surface area (Å²) in [5.41, 5.74) is 1.13. The Labute approximate surface area is 176 Å². The van der Waals surface area contributed by atoms with Gasteiger partial charge in [0.15, 0.2) is 5.95 Å². The van der Waals surface area contributed by atoms with Crippen molar-refractivity contribution in [3.8, 4) is 23.1 Å². The molecule has 0 bridgehead atoms. The Morgan fingerprint density at radius 2 is 1.97 bits per heavy atom. The van der Waals surface area contributed by atoms with E-state index in [9.17, 15) is 9.90 Å². The van der Waals surface area contributed by atoms with E-state index in [1.165, 1.54) is 30.7 Å². The fraction of sp³-hybridized carbons (Fsp3) is 0.211. The number of carbonyl (C=O) groups excluding carboxylic acids is 1. The van der Waals surface area contributed by atoms with Gasteiger partial charge in [-0.3, -0.25) is 4.79 Å². The molecule has 1 N–H and O–H groups in total. The predicted molar refractivity (Wildman–Crippen MR) is 106 cm³/mol. The second kappa shape index (κ2) is 9.53. The van der Waals surface area contributed by atoms with Gasteiger partial charge in [-0.15, -0.1) is 0 Å². The molecule has 3 rings (SSSR count). The Morgan fingerprint density at radius 3 is 2.66 bits per heavy atom. The van der Waals surface area contributed by atoms with Crippen LogP contribution >= 0.6 is 23.4 Å². The number of para-hydroxylation sites is 1. The van der Waals surface area contributed by atoms with Gasteiger partial charge in [-0.1, -0.05) is 41.6 Å². The number of thioether (sulfide) groups is 1. The zero-order valence-electron chi connectivity index (χ0n) is 15.7. The van der Waals surface area contributed by atoms with Crippen molar-refractivity contribution in [2.45, 2.75) is 11.4 Å². The summed E-state index contributed by atoms with van der Waals surface area (Å²) < 4.78 is 16.6. The van der Waals surface area contributed by atoms with Gasteiger partial charge in [-0.2, -0.15) is 0 Å². The topological polar surface area (TPSA) is 101 Å². The highest BCUT2D eigenvalue weighted by molar-refractivity contribution is 7.99. The van der Waals surface area contributed by atoms with Gasteiger partial charge in [0, 0.05) is 30.4 Å².